The minimum atomic E-state index is 1.13. The topological polar surface area (TPSA) is 0 Å². The third-order valence-corrected chi connectivity index (χ3v) is 2.98. The van der Waals surface area contributed by atoms with Gasteiger partial charge in [-0.2, -0.15) is 0 Å². The Hall–Kier alpha value is -1.56. The highest BCUT2D eigenvalue weighted by molar-refractivity contribution is 5.79. The third kappa shape index (κ3) is 2.73. The average molecular weight is 212 g/mol. The molecule has 0 saturated heterocycles. The molecular weight excluding hydrogens is 192 g/mol. The molecule has 0 heteroatoms. The number of rotatable bonds is 3. The van der Waals surface area contributed by atoms with Crippen LogP contribution in [0.1, 0.15) is 33.3 Å². The summed E-state index contributed by atoms with van der Waals surface area (Å²) in [6.45, 7) is 12.4. The molecule has 0 bridgehead atoms. The zero-order valence-corrected chi connectivity index (χ0v) is 10.7. The summed E-state index contributed by atoms with van der Waals surface area (Å²) in [6.07, 6.45) is 2.16. The summed E-state index contributed by atoms with van der Waals surface area (Å²) in [4.78, 5) is 0. The molecule has 1 aromatic rings. The van der Waals surface area contributed by atoms with E-state index in [9.17, 15) is 0 Å². The Morgan fingerprint density at radius 1 is 1.00 bits per heavy atom. The van der Waals surface area contributed by atoms with Crippen molar-refractivity contribution in [1.82, 2.24) is 0 Å². The van der Waals surface area contributed by atoms with E-state index in [0.29, 0.717) is 0 Å². The van der Waals surface area contributed by atoms with Crippen LogP contribution >= 0.6 is 0 Å². The summed E-state index contributed by atoms with van der Waals surface area (Å²) >= 11 is 0. The maximum atomic E-state index is 4.00. The third-order valence-electron chi connectivity index (χ3n) is 2.98. The van der Waals surface area contributed by atoms with E-state index in [-0.39, 0.29) is 0 Å². The predicted molar refractivity (Wildman–Crippen MR) is 73.3 cm³/mol. The molecule has 1 aromatic carbocycles. The zero-order valence-electron chi connectivity index (χ0n) is 10.7. The molecule has 0 heterocycles. The number of benzene rings is 1. The van der Waals surface area contributed by atoms with Crippen LogP contribution in [0.15, 0.2) is 59.7 Å². The van der Waals surface area contributed by atoms with Crippen LogP contribution < -0.4 is 0 Å². The van der Waals surface area contributed by atoms with Gasteiger partial charge in [0.15, 0.2) is 0 Å². The second kappa shape index (κ2) is 5.50. The Morgan fingerprint density at radius 3 is 2.00 bits per heavy atom. The standard InChI is InChI=1S/C16H20/c1-6-16(14(5)13(4)12(2)3)15-10-8-7-9-11-15/h6-11H,2H2,1,3-5H3/b14-13-,16-6+. The molecule has 0 spiro atoms. The first-order chi connectivity index (χ1) is 7.57. The van der Waals surface area contributed by atoms with Crippen LogP contribution in [0.5, 0.6) is 0 Å². The summed E-state index contributed by atoms with van der Waals surface area (Å²) in [7, 11) is 0. The second-order valence-electron chi connectivity index (χ2n) is 4.10. The molecule has 0 aromatic heterocycles. The van der Waals surface area contributed by atoms with Gasteiger partial charge in [-0.1, -0.05) is 48.6 Å². The van der Waals surface area contributed by atoms with Gasteiger partial charge >= 0.3 is 0 Å². The lowest BCUT2D eigenvalue weighted by Gasteiger charge is -2.12. The monoisotopic (exact) mass is 212 g/mol. The van der Waals surface area contributed by atoms with Crippen molar-refractivity contribution < 1.29 is 0 Å². The van der Waals surface area contributed by atoms with Crippen molar-refractivity contribution in [1.29, 1.82) is 0 Å². The van der Waals surface area contributed by atoms with E-state index in [2.05, 4.69) is 64.6 Å². The van der Waals surface area contributed by atoms with E-state index in [1.807, 2.05) is 6.07 Å². The minimum Gasteiger partial charge on any atom is -0.0958 e. The van der Waals surface area contributed by atoms with E-state index in [1.165, 1.54) is 22.3 Å². The molecule has 0 aliphatic carbocycles. The fourth-order valence-corrected chi connectivity index (χ4v) is 1.74. The number of allylic oxidation sites excluding steroid dienone is 5. The van der Waals surface area contributed by atoms with Gasteiger partial charge in [-0.15, -0.1) is 0 Å². The Labute approximate surface area is 99.0 Å². The molecular formula is C16H20. The summed E-state index contributed by atoms with van der Waals surface area (Å²) in [6, 6.07) is 10.5. The summed E-state index contributed by atoms with van der Waals surface area (Å²) in [5.74, 6) is 0. The lowest BCUT2D eigenvalue weighted by Crippen LogP contribution is -1.91. The van der Waals surface area contributed by atoms with E-state index < -0.39 is 0 Å². The maximum absolute atomic E-state index is 4.00. The summed E-state index contributed by atoms with van der Waals surface area (Å²) in [5, 5.41) is 0. The van der Waals surface area contributed by atoms with Crippen molar-refractivity contribution in [2.45, 2.75) is 27.7 Å². The van der Waals surface area contributed by atoms with E-state index in [4.69, 9.17) is 0 Å². The van der Waals surface area contributed by atoms with E-state index in [1.54, 1.807) is 0 Å². The fourth-order valence-electron chi connectivity index (χ4n) is 1.74. The summed E-state index contributed by atoms with van der Waals surface area (Å²) < 4.78 is 0. The fraction of sp³-hybridized carbons (Fsp3) is 0.250. The van der Waals surface area contributed by atoms with Crippen molar-refractivity contribution in [2.24, 2.45) is 0 Å². The van der Waals surface area contributed by atoms with Gasteiger partial charge < -0.3 is 0 Å². The Morgan fingerprint density at radius 2 is 1.56 bits per heavy atom. The zero-order chi connectivity index (χ0) is 12.1. The SMILES string of the molecule is C=C(C)/C(C)=C(C)\C(=C/C)c1ccccc1. The molecule has 0 aliphatic rings. The first kappa shape index (κ1) is 12.5. The van der Waals surface area contributed by atoms with Crippen LogP contribution in [0.3, 0.4) is 0 Å². The van der Waals surface area contributed by atoms with E-state index in [0.717, 1.165) is 5.57 Å². The van der Waals surface area contributed by atoms with Gasteiger partial charge in [0.1, 0.15) is 0 Å². The lowest BCUT2D eigenvalue weighted by atomic mass is 9.93. The van der Waals surface area contributed by atoms with Crippen LogP contribution in [-0.2, 0) is 0 Å². The highest BCUT2D eigenvalue weighted by atomic mass is 14.1. The second-order valence-corrected chi connectivity index (χ2v) is 4.10. The molecule has 0 saturated carbocycles. The largest absolute Gasteiger partial charge is 0.0958 e. The van der Waals surface area contributed by atoms with Crippen molar-refractivity contribution in [3.63, 3.8) is 0 Å². The van der Waals surface area contributed by atoms with Gasteiger partial charge in [-0.3, -0.25) is 0 Å². The molecule has 0 radical (unpaired) electrons. The Balaban J connectivity index is 3.22. The Kier molecular flexibility index (Phi) is 4.30. The van der Waals surface area contributed by atoms with Crippen LogP contribution in [0.25, 0.3) is 5.57 Å². The van der Waals surface area contributed by atoms with Gasteiger partial charge in [-0.05, 0) is 50.0 Å². The number of hydrogen-bond acceptors (Lipinski definition) is 0. The van der Waals surface area contributed by atoms with Gasteiger partial charge in [0.25, 0.3) is 0 Å². The molecule has 0 aliphatic heterocycles. The molecule has 0 atom stereocenters. The summed E-state index contributed by atoms with van der Waals surface area (Å²) in [5.41, 5.74) is 6.27. The predicted octanol–water partition coefficient (Wildman–Crippen LogP) is 5.00. The van der Waals surface area contributed by atoms with Gasteiger partial charge in [0, 0.05) is 0 Å². The molecule has 0 nitrogen and oxygen atoms in total. The first-order valence-corrected chi connectivity index (χ1v) is 5.63. The molecule has 0 N–H and O–H groups in total. The first-order valence-electron chi connectivity index (χ1n) is 5.63. The molecule has 0 unspecified atom stereocenters. The van der Waals surface area contributed by atoms with Crippen molar-refractivity contribution in [2.75, 3.05) is 0 Å². The number of hydrogen-bond donors (Lipinski definition) is 0. The van der Waals surface area contributed by atoms with Crippen LogP contribution in [0.2, 0.25) is 0 Å². The van der Waals surface area contributed by atoms with Crippen molar-refractivity contribution in [3.8, 4) is 0 Å². The minimum absolute atomic E-state index is 1.13. The van der Waals surface area contributed by atoms with Gasteiger partial charge in [0.05, 0.1) is 0 Å². The van der Waals surface area contributed by atoms with Crippen LogP contribution in [-0.4, -0.2) is 0 Å². The highest BCUT2D eigenvalue weighted by Gasteiger charge is 2.05. The lowest BCUT2D eigenvalue weighted by molar-refractivity contribution is 1.29. The molecule has 1 rings (SSSR count). The van der Waals surface area contributed by atoms with Crippen molar-refractivity contribution in [3.05, 3.63) is 65.3 Å². The highest BCUT2D eigenvalue weighted by Crippen LogP contribution is 2.27. The smallest absolute Gasteiger partial charge is 0.0185 e. The molecule has 0 fully saturated rings. The Bertz CT molecular complexity index is 430. The maximum Gasteiger partial charge on any atom is -0.0185 e. The van der Waals surface area contributed by atoms with Crippen molar-refractivity contribution >= 4 is 5.57 Å². The van der Waals surface area contributed by atoms with Gasteiger partial charge in [0.2, 0.25) is 0 Å². The molecule has 16 heavy (non-hydrogen) atoms. The van der Waals surface area contributed by atoms with E-state index >= 15 is 0 Å². The van der Waals surface area contributed by atoms with Crippen LogP contribution in [0.4, 0.5) is 0 Å². The molecule has 0 amide bonds. The average Bonchev–Trinajstić information content (AvgIpc) is 2.30. The van der Waals surface area contributed by atoms with Gasteiger partial charge in [-0.25, -0.2) is 0 Å². The quantitative estimate of drug-likeness (QED) is 0.618. The molecule has 84 valence electrons. The normalized spacial score (nSPS) is 13.4. The van der Waals surface area contributed by atoms with Crippen LogP contribution in [0, 0.1) is 0 Å².